The average Bonchev–Trinajstić information content (AvgIpc) is 2.35. The van der Waals surface area contributed by atoms with Gasteiger partial charge in [0.15, 0.2) is 0 Å². The molecule has 1 N–H and O–H groups in total. The van der Waals surface area contributed by atoms with Gasteiger partial charge in [-0.3, -0.25) is 0 Å². The molecule has 2 heterocycles. The number of nitrogens with one attached hydrogen (secondary N) is 1. The van der Waals surface area contributed by atoms with Crippen LogP contribution < -0.4 is 14.8 Å². The summed E-state index contributed by atoms with van der Waals surface area (Å²) < 4.78 is 11.6. The molecule has 0 aromatic carbocycles. The number of ether oxygens (including phenoxy) is 2. The fraction of sp³-hybridized carbons (Fsp3) is 0.667. The molecule has 2 rings (SSSR count). The van der Waals surface area contributed by atoms with Gasteiger partial charge in [-0.15, -0.1) is 0 Å². The Morgan fingerprint density at radius 1 is 1.32 bits per heavy atom. The summed E-state index contributed by atoms with van der Waals surface area (Å²) in [4.78, 5) is 4.32. The number of hydrogen-bond acceptors (Lipinski definition) is 4. The second-order valence-corrected chi connectivity index (χ2v) is 5.68. The zero-order chi connectivity index (χ0) is 13.8. The predicted molar refractivity (Wildman–Crippen MR) is 75.7 cm³/mol. The van der Waals surface area contributed by atoms with Gasteiger partial charge < -0.3 is 14.8 Å². The number of rotatable bonds is 4. The lowest BCUT2D eigenvalue weighted by atomic mass is 9.94. The van der Waals surface area contributed by atoms with Crippen molar-refractivity contribution in [1.82, 2.24) is 10.3 Å². The number of piperidine rings is 1. The first kappa shape index (κ1) is 14.1. The van der Waals surface area contributed by atoms with E-state index in [-0.39, 0.29) is 12.2 Å². The molecule has 1 unspecified atom stereocenters. The molecule has 19 heavy (non-hydrogen) atoms. The minimum absolute atomic E-state index is 0.166. The Kier molecular flexibility index (Phi) is 4.64. The van der Waals surface area contributed by atoms with Crippen molar-refractivity contribution in [2.75, 3.05) is 6.54 Å². The summed E-state index contributed by atoms with van der Waals surface area (Å²) in [6.07, 6.45) is 3.15. The van der Waals surface area contributed by atoms with Crippen molar-refractivity contribution in [3.05, 3.63) is 18.3 Å². The maximum atomic E-state index is 5.99. The molecule has 0 aliphatic carbocycles. The van der Waals surface area contributed by atoms with Crippen molar-refractivity contribution in [3.8, 4) is 11.6 Å². The van der Waals surface area contributed by atoms with Crippen LogP contribution in [0.2, 0.25) is 0 Å². The molecule has 106 valence electrons. The third-order valence-electron chi connectivity index (χ3n) is 3.36. The summed E-state index contributed by atoms with van der Waals surface area (Å²) in [6, 6.07) is 4.30. The van der Waals surface area contributed by atoms with Crippen LogP contribution in [0.4, 0.5) is 0 Å². The highest BCUT2D eigenvalue weighted by Crippen LogP contribution is 2.22. The molecule has 1 aliphatic rings. The van der Waals surface area contributed by atoms with Crippen LogP contribution in [-0.4, -0.2) is 29.8 Å². The van der Waals surface area contributed by atoms with E-state index in [0.29, 0.717) is 17.8 Å². The largest absolute Gasteiger partial charge is 0.489 e. The summed E-state index contributed by atoms with van der Waals surface area (Å²) in [5.74, 6) is 1.97. The first-order chi connectivity index (χ1) is 9.04. The van der Waals surface area contributed by atoms with E-state index in [1.165, 1.54) is 0 Å². The first-order valence-corrected chi connectivity index (χ1v) is 7.07. The van der Waals surface area contributed by atoms with Crippen molar-refractivity contribution in [1.29, 1.82) is 0 Å². The Labute approximate surface area is 115 Å². The Hall–Kier alpha value is -1.29. The molecule has 0 spiro atoms. The van der Waals surface area contributed by atoms with E-state index in [9.17, 15) is 0 Å². The molecule has 1 aromatic rings. The van der Waals surface area contributed by atoms with Gasteiger partial charge in [-0.25, -0.2) is 4.98 Å². The molecule has 0 amide bonds. The molecule has 1 aromatic heterocycles. The highest BCUT2D eigenvalue weighted by Gasteiger charge is 2.26. The molecule has 0 saturated carbocycles. The summed E-state index contributed by atoms with van der Waals surface area (Å²) in [5.41, 5.74) is 0. The van der Waals surface area contributed by atoms with Gasteiger partial charge in [0, 0.05) is 24.6 Å². The molecule has 4 heteroatoms. The number of hydrogen-bond donors (Lipinski definition) is 1. The second-order valence-electron chi connectivity index (χ2n) is 5.68. The molecule has 4 nitrogen and oxygen atoms in total. The van der Waals surface area contributed by atoms with Gasteiger partial charge in [-0.1, -0.05) is 6.92 Å². The van der Waals surface area contributed by atoms with Crippen molar-refractivity contribution >= 4 is 0 Å². The van der Waals surface area contributed by atoms with E-state index in [0.717, 1.165) is 18.7 Å². The van der Waals surface area contributed by atoms with Crippen molar-refractivity contribution in [2.24, 2.45) is 5.92 Å². The predicted octanol–water partition coefficient (Wildman–Crippen LogP) is 2.63. The smallest absolute Gasteiger partial charge is 0.213 e. The Morgan fingerprint density at radius 2 is 2.11 bits per heavy atom. The lowest BCUT2D eigenvalue weighted by Crippen LogP contribution is -2.46. The minimum atomic E-state index is 0.166. The van der Waals surface area contributed by atoms with Gasteiger partial charge in [0.25, 0.3) is 0 Å². The van der Waals surface area contributed by atoms with Crippen LogP contribution in [0.5, 0.6) is 11.6 Å². The Bertz CT molecular complexity index is 392. The molecule has 3 atom stereocenters. The van der Waals surface area contributed by atoms with Crippen molar-refractivity contribution in [2.45, 2.75) is 52.4 Å². The molecule has 0 bridgehead atoms. The molecule has 1 fully saturated rings. The number of nitrogens with zero attached hydrogens (tertiary/aromatic N) is 1. The normalized spacial score (nSPS) is 27.3. The van der Waals surface area contributed by atoms with Crippen molar-refractivity contribution in [3.63, 3.8) is 0 Å². The van der Waals surface area contributed by atoms with Crippen LogP contribution in [0.15, 0.2) is 18.3 Å². The van der Waals surface area contributed by atoms with Crippen LogP contribution in [-0.2, 0) is 0 Å². The van der Waals surface area contributed by atoms with Crippen LogP contribution in [0, 0.1) is 5.92 Å². The van der Waals surface area contributed by atoms with Crippen molar-refractivity contribution < 1.29 is 9.47 Å². The van der Waals surface area contributed by atoms with Gasteiger partial charge >= 0.3 is 0 Å². The number of pyridine rings is 1. The first-order valence-electron chi connectivity index (χ1n) is 7.07. The molecular formula is C15H24N2O2. The lowest BCUT2D eigenvalue weighted by molar-refractivity contribution is 0.0899. The average molecular weight is 264 g/mol. The summed E-state index contributed by atoms with van der Waals surface area (Å²) in [7, 11) is 0. The van der Waals surface area contributed by atoms with Crippen LogP contribution >= 0.6 is 0 Å². The van der Waals surface area contributed by atoms with Gasteiger partial charge in [0.1, 0.15) is 11.9 Å². The van der Waals surface area contributed by atoms with Gasteiger partial charge in [0.05, 0.1) is 12.3 Å². The Morgan fingerprint density at radius 3 is 2.74 bits per heavy atom. The fourth-order valence-corrected chi connectivity index (χ4v) is 2.28. The quantitative estimate of drug-likeness (QED) is 0.908. The monoisotopic (exact) mass is 264 g/mol. The van der Waals surface area contributed by atoms with Crippen LogP contribution in [0.25, 0.3) is 0 Å². The van der Waals surface area contributed by atoms with E-state index in [1.54, 1.807) is 6.20 Å². The fourth-order valence-electron chi connectivity index (χ4n) is 2.28. The number of aromatic nitrogens is 1. The summed E-state index contributed by atoms with van der Waals surface area (Å²) in [5, 5.41) is 3.46. The van der Waals surface area contributed by atoms with E-state index in [4.69, 9.17) is 9.47 Å². The van der Waals surface area contributed by atoms with E-state index < -0.39 is 0 Å². The maximum Gasteiger partial charge on any atom is 0.213 e. The molecule has 1 aliphatic heterocycles. The topological polar surface area (TPSA) is 43.4 Å². The minimum Gasteiger partial charge on any atom is -0.489 e. The third-order valence-corrected chi connectivity index (χ3v) is 3.36. The highest BCUT2D eigenvalue weighted by molar-refractivity contribution is 5.23. The lowest BCUT2D eigenvalue weighted by Gasteiger charge is -2.33. The molecule has 1 saturated heterocycles. The van der Waals surface area contributed by atoms with Crippen LogP contribution in [0.3, 0.4) is 0 Å². The zero-order valence-electron chi connectivity index (χ0n) is 12.2. The van der Waals surface area contributed by atoms with Gasteiger partial charge in [-0.05, 0) is 33.3 Å². The second kappa shape index (κ2) is 6.24. The molecule has 0 radical (unpaired) electrons. The zero-order valence-corrected chi connectivity index (χ0v) is 12.2. The highest BCUT2D eigenvalue weighted by atomic mass is 16.5. The van der Waals surface area contributed by atoms with E-state index >= 15 is 0 Å². The summed E-state index contributed by atoms with van der Waals surface area (Å²) >= 11 is 0. The molecular weight excluding hydrogens is 240 g/mol. The van der Waals surface area contributed by atoms with E-state index in [2.05, 4.69) is 24.1 Å². The maximum absolute atomic E-state index is 5.99. The van der Waals surface area contributed by atoms with E-state index in [1.807, 2.05) is 26.0 Å². The van der Waals surface area contributed by atoms with Crippen LogP contribution in [0.1, 0.15) is 34.1 Å². The third kappa shape index (κ3) is 4.10. The SMILES string of the molecule is CC(C)Oc1ccc(OC2C[C@H](C)NC[C@@H]2C)nc1. The summed E-state index contributed by atoms with van der Waals surface area (Å²) in [6.45, 7) is 9.40. The standard InChI is InChI=1S/C15H24N2O2/c1-10(2)18-13-5-6-15(17-9-13)19-14-7-12(4)16-8-11(14)3/h5-6,9-12,14,16H,7-8H2,1-4H3/t11-,12-,14?/m0/s1. The van der Waals surface area contributed by atoms with Gasteiger partial charge in [-0.2, -0.15) is 0 Å². The van der Waals surface area contributed by atoms with Gasteiger partial charge in [0.2, 0.25) is 5.88 Å². The Balaban J connectivity index is 1.95.